The predicted octanol–water partition coefficient (Wildman–Crippen LogP) is 2.75. The molecule has 2 heterocycles. The standard InChI is InChI=1S/C14H15N3/c1-15-10-3-4-11-12-5-7-17(2)8-6-13(12)16-14(11)9-10/h3-4,9,16H,5-8H2,2H3. The Morgan fingerprint density at radius 2 is 2.12 bits per heavy atom. The summed E-state index contributed by atoms with van der Waals surface area (Å²) in [5, 5.41) is 1.29. The molecule has 86 valence electrons. The first-order valence-corrected chi connectivity index (χ1v) is 5.97. The van der Waals surface area contributed by atoms with Crippen LogP contribution >= 0.6 is 0 Å². The number of fused-ring (bicyclic) bond motifs is 3. The van der Waals surface area contributed by atoms with Crippen LogP contribution in [0.25, 0.3) is 15.7 Å². The molecule has 0 aliphatic carbocycles. The Hall–Kier alpha value is -1.79. The fourth-order valence-electron chi connectivity index (χ4n) is 2.58. The molecule has 17 heavy (non-hydrogen) atoms. The topological polar surface area (TPSA) is 23.4 Å². The third-order valence-electron chi connectivity index (χ3n) is 3.59. The van der Waals surface area contributed by atoms with Crippen molar-refractivity contribution < 1.29 is 0 Å². The van der Waals surface area contributed by atoms with Crippen molar-refractivity contribution in [1.82, 2.24) is 9.88 Å². The zero-order valence-corrected chi connectivity index (χ0v) is 9.95. The van der Waals surface area contributed by atoms with E-state index in [-0.39, 0.29) is 0 Å². The second-order valence-corrected chi connectivity index (χ2v) is 4.73. The van der Waals surface area contributed by atoms with Crippen LogP contribution in [0.15, 0.2) is 18.2 Å². The molecule has 0 spiro atoms. The van der Waals surface area contributed by atoms with Crippen LogP contribution < -0.4 is 0 Å². The zero-order chi connectivity index (χ0) is 11.8. The minimum Gasteiger partial charge on any atom is -0.359 e. The Balaban J connectivity index is 2.14. The molecule has 0 radical (unpaired) electrons. The molecule has 0 atom stereocenters. The van der Waals surface area contributed by atoms with E-state index in [9.17, 15) is 0 Å². The monoisotopic (exact) mass is 225 g/mol. The summed E-state index contributed by atoms with van der Waals surface area (Å²) in [5.74, 6) is 0. The maximum atomic E-state index is 7.05. The molecule has 0 unspecified atom stereocenters. The van der Waals surface area contributed by atoms with Crippen molar-refractivity contribution in [3.8, 4) is 0 Å². The minimum absolute atomic E-state index is 0.714. The number of H-pyrrole nitrogens is 1. The highest BCUT2D eigenvalue weighted by Gasteiger charge is 2.16. The van der Waals surface area contributed by atoms with Crippen LogP contribution in [0.4, 0.5) is 5.69 Å². The maximum absolute atomic E-state index is 7.05. The van der Waals surface area contributed by atoms with Crippen LogP contribution in [-0.4, -0.2) is 30.0 Å². The van der Waals surface area contributed by atoms with Crippen LogP contribution in [-0.2, 0) is 12.8 Å². The molecule has 1 aromatic carbocycles. The lowest BCUT2D eigenvalue weighted by molar-refractivity contribution is 0.352. The zero-order valence-electron chi connectivity index (χ0n) is 9.95. The Labute approximate surface area is 101 Å². The number of hydrogen-bond acceptors (Lipinski definition) is 1. The molecule has 1 N–H and O–H groups in total. The quantitative estimate of drug-likeness (QED) is 0.685. The maximum Gasteiger partial charge on any atom is 0.189 e. The van der Waals surface area contributed by atoms with Gasteiger partial charge in [-0.15, -0.1) is 0 Å². The first-order chi connectivity index (χ1) is 8.28. The van der Waals surface area contributed by atoms with E-state index in [1.807, 2.05) is 12.1 Å². The van der Waals surface area contributed by atoms with Gasteiger partial charge in [-0.05, 0) is 25.1 Å². The third kappa shape index (κ3) is 1.71. The molecule has 2 aromatic rings. The first kappa shape index (κ1) is 10.4. The van der Waals surface area contributed by atoms with Gasteiger partial charge < -0.3 is 9.88 Å². The van der Waals surface area contributed by atoms with Gasteiger partial charge >= 0.3 is 0 Å². The van der Waals surface area contributed by atoms with Crippen molar-refractivity contribution in [2.24, 2.45) is 0 Å². The molecule has 3 rings (SSSR count). The van der Waals surface area contributed by atoms with Crippen LogP contribution in [0, 0.1) is 6.57 Å². The van der Waals surface area contributed by atoms with E-state index in [0.717, 1.165) is 31.4 Å². The van der Waals surface area contributed by atoms with Gasteiger partial charge in [0.25, 0.3) is 0 Å². The van der Waals surface area contributed by atoms with Gasteiger partial charge in [-0.25, -0.2) is 4.85 Å². The molecule has 0 bridgehead atoms. The van der Waals surface area contributed by atoms with E-state index in [1.54, 1.807) is 0 Å². The Morgan fingerprint density at radius 3 is 2.94 bits per heavy atom. The summed E-state index contributed by atoms with van der Waals surface area (Å²) in [6, 6.07) is 5.96. The third-order valence-corrected chi connectivity index (χ3v) is 3.59. The number of aromatic amines is 1. The summed E-state index contributed by atoms with van der Waals surface area (Å²) in [7, 11) is 2.17. The van der Waals surface area contributed by atoms with Crippen LogP contribution in [0.5, 0.6) is 0 Å². The second kappa shape index (κ2) is 3.90. The van der Waals surface area contributed by atoms with Crippen molar-refractivity contribution in [2.75, 3.05) is 20.1 Å². The predicted molar refractivity (Wildman–Crippen MR) is 69.5 cm³/mol. The van der Waals surface area contributed by atoms with Crippen LogP contribution in [0.1, 0.15) is 11.3 Å². The number of benzene rings is 1. The summed E-state index contributed by atoms with van der Waals surface area (Å²) in [4.78, 5) is 9.33. The van der Waals surface area contributed by atoms with Crippen molar-refractivity contribution in [2.45, 2.75) is 12.8 Å². The SMILES string of the molecule is [C-]#[N+]c1ccc2c3c([nH]c2c1)CCN(C)CC3. The van der Waals surface area contributed by atoms with Crippen molar-refractivity contribution in [3.05, 3.63) is 40.9 Å². The van der Waals surface area contributed by atoms with Crippen LogP contribution in [0.3, 0.4) is 0 Å². The summed E-state index contributed by atoms with van der Waals surface area (Å²) >= 11 is 0. The lowest BCUT2D eigenvalue weighted by Gasteiger charge is -2.11. The molecule has 1 aliphatic heterocycles. The van der Waals surface area contributed by atoms with E-state index in [0.29, 0.717) is 5.69 Å². The average Bonchev–Trinajstić information content (AvgIpc) is 2.60. The minimum atomic E-state index is 0.714. The molecule has 1 aromatic heterocycles. The molecule has 3 nitrogen and oxygen atoms in total. The van der Waals surface area contributed by atoms with Gasteiger partial charge in [-0.2, -0.15) is 0 Å². The first-order valence-electron chi connectivity index (χ1n) is 5.97. The van der Waals surface area contributed by atoms with Crippen LogP contribution in [0.2, 0.25) is 0 Å². The van der Waals surface area contributed by atoms with Gasteiger partial charge in [0, 0.05) is 36.1 Å². The number of hydrogen-bond donors (Lipinski definition) is 1. The van der Waals surface area contributed by atoms with E-state index in [1.165, 1.54) is 16.6 Å². The van der Waals surface area contributed by atoms with E-state index < -0.39 is 0 Å². The Morgan fingerprint density at radius 1 is 1.29 bits per heavy atom. The van der Waals surface area contributed by atoms with Gasteiger partial charge in [0.05, 0.1) is 6.57 Å². The largest absolute Gasteiger partial charge is 0.359 e. The van der Waals surface area contributed by atoms with Gasteiger partial charge in [0.15, 0.2) is 5.69 Å². The highest BCUT2D eigenvalue weighted by Crippen LogP contribution is 2.28. The summed E-state index contributed by atoms with van der Waals surface area (Å²) in [6.07, 6.45) is 2.18. The lowest BCUT2D eigenvalue weighted by Crippen LogP contribution is -2.20. The summed E-state index contributed by atoms with van der Waals surface area (Å²) in [6.45, 7) is 9.27. The second-order valence-electron chi connectivity index (χ2n) is 4.73. The van der Waals surface area contributed by atoms with Gasteiger partial charge in [-0.1, -0.05) is 12.1 Å². The number of aromatic nitrogens is 1. The van der Waals surface area contributed by atoms with Crippen molar-refractivity contribution >= 4 is 16.6 Å². The normalized spacial score (nSPS) is 16.5. The van der Waals surface area contributed by atoms with Crippen molar-refractivity contribution in [3.63, 3.8) is 0 Å². The number of nitrogens with zero attached hydrogens (tertiary/aromatic N) is 2. The summed E-state index contributed by atoms with van der Waals surface area (Å²) < 4.78 is 0. The summed E-state index contributed by atoms with van der Waals surface area (Å²) in [5.41, 5.74) is 4.63. The van der Waals surface area contributed by atoms with Gasteiger partial charge in [0.2, 0.25) is 0 Å². The molecule has 0 saturated carbocycles. The molecule has 0 amide bonds. The van der Waals surface area contributed by atoms with E-state index >= 15 is 0 Å². The number of likely N-dealkylation sites (N-methyl/N-ethyl adjacent to an activating group) is 1. The fourth-order valence-corrected chi connectivity index (χ4v) is 2.58. The van der Waals surface area contributed by atoms with Gasteiger partial charge in [-0.3, -0.25) is 0 Å². The Kier molecular flexibility index (Phi) is 2.38. The average molecular weight is 225 g/mol. The molecule has 1 aliphatic rings. The van der Waals surface area contributed by atoms with E-state index in [4.69, 9.17) is 6.57 Å². The molecular weight excluding hydrogens is 210 g/mol. The number of rotatable bonds is 0. The molecular formula is C14H15N3. The molecule has 0 saturated heterocycles. The Bertz CT molecular complexity index is 604. The van der Waals surface area contributed by atoms with Crippen molar-refractivity contribution in [1.29, 1.82) is 0 Å². The fraction of sp³-hybridized carbons (Fsp3) is 0.357. The highest BCUT2D eigenvalue weighted by molar-refractivity contribution is 5.87. The van der Waals surface area contributed by atoms with Gasteiger partial charge in [0.1, 0.15) is 0 Å². The lowest BCUT2D eigenvalue weighted by atomic mass is 10.1. The highest BCUT2D eigenvalue weighted by atomic mass is 15.1. The van der Waals surface area contributed by atoms with E-state index in [2.05, 4.69) is 27.8 Å². The molecule has 0 fully saturated rings. The molecule has 3 heteroatoms. The smallest absolute Gasteiger partial charge is 0.189 e. The number of nitrogens with one attached hydrogen (secondary N) is 1.